The summed E-state index contributed by atoms with van der Waals surface area (Å²) in [4.78, 5) is 19.5. The van der Waals surface area contributed by atoms with Crippen molar-refractivity contribution in [2.75, 3.05) is 0 Å². The molecule has 0 unspecified atom stereocenters. The second kappa shape index (κ2) is 26.0. The van der Waals surface area contributed by atoms with E-state index in [2.05, 4.69) is 267 Å². The number of rotatable bonds is 10. The zero-order valence-corrected chi connectivity index (χ0v) is 64.8. The molecule has 0 N–H and O–H groups in total. The molecule has 6 aromatic heterocycles. The van der Waals surface area contributed by atoms with E-state index in [-0.39, 0.29) is 75.4 Å². The van der Waals surface area contributed by atoms with Gasteiger partial charge < -0.3 is 9.13 Å². The van der Waals surface area contributed by atoms with E-state index in [0.29, 0.717) is 0 Å². The maximum Gasteiger partial charge on any atom is 2.00 e. The van der Waals surface area contributed by atoms with Crippen LogP contribution in [-0.2, 0) is 74.6 Å². The molecule has 0 aliphatic heterocycles. The van der Waals surface area contributed by atoms with Gasteiger partial charge in [0.1, 0.15) is 27.8 Å². The van der Waals surface area contributed by atoms with Crippen LogP contribution in [0.25, 0.3) is 55.0 Å². The molecule has 0 amide bonds. The molecule has 6 heterocycles. The third-order valence-corrected chi connectivity index (χ3v) is 25.5. The monoisotopic (exact) mass is 1640 g/mol. The van der Waals surface area contributed by atoms with Gasteiger partial charge in [-0.05, 0) is 141 Å². The molecule has 0 saturated carbocycles. The van der Waals surface area contributed by atoms with Crippen LogP contribution >= 0.6 is 0 Å². The SMILES string of the molecule is CC(C)(C)c1ccnc(C(C)(C)c2[c-]c3c4[c-]c(C(C)(C)c5cc(C(C)(C)C)ccn5)ccc4n(-c4ccc(F)cc4)c3cc2)c1.CC(C)(C)c1ccnc([Si](C)(C)c2[c-]c3c4[c-]c([Si](C)(C)c5cc(C(C)(C)C)ccn5)ccc4n(-c4ccc(F)cc4)c3cc2)c1.[Pt+2].[Pt+2]. The van der Waals surface area contributed by atoms with E-state index in [9.17, 15) is 8.78 Å². The third kappa shape index (κ3) is 13.8. The molecule has 12 aromatic rings. The average molecular weight is 1640 g/mol. The van der Waals surface area contributed by atoms with Gasteiger partial charge in [-0.1, -0.05) is 159 Å². The van der Waals surface area contributed by atoms with Crippen LogP contribution in [0.15, 0.2) is 170 Å². The molecule has 94 heavy (non-hydrogen) atoms. The molecule has 0 bridgehead atoms. The Hall–Kier alpha value is -6.81. The zero-order valence-electron chi connectivity index (χ0n) is 58.2. The van der Waals surface area contributed by atoms with Crippen molar-refractivity contribution in [2.24, 2.45) is 0 Å². The second-order valence-corrected chi connectivity index (χ2v) is 40.0. The Morgan fingerprint density at radius 2 is 0.606 bits per heavy atom. The number of hydrogen-bond acceptors (Lipinski definition) is 4. The van der Waals surface area contributed by atoms with Crippen LogP contribution in [0.2, 0.25) is 26.2 Å². The van der Waals surface area contributed by atoms with E-state index in [1.165, 1.54) is 56.9 Å². The van der Waals surface area contributed by atoms with Crippen LogP contribution in [0.1, 0.15) is 156 Å². The standard InChI is InChI=1S/C42H44FN3.C40H44FN3Si2.2Pt/c1-39(2,3)27-19-21-44-37(25-27)41(7,8)29-11-17-35-33(23-29)34-24-30(12-18-36(34)46(35)32-15-13-31(43)14-16-32)42(9,10)38-26-28(20-22-45-38)40(4,5)6;1-39(2,3)27-19-21-42-37(23-27)45(7,8)31-15-17-35-33(25-31)34-26-32(16-18-36(34)44(35)30-13-11-29(41)12-14-30)46(9,10)38-24-28(20-22-43-38)40(4,5)6;;/h11-22,25-26H,1-10H3;11-24H,1-10H3;;/q2*-2;2*+2. The minimum atomic E-state index is -2.22. The van der Waals surface area contributed by atoms with Crippen molar-refractivity contribution in [3.05, 3.63) is 251 Å². The molecule has 0 spiro atoms. The molecule has 0 radical (unpaired) electrons. The zero-order chi connectivity index (χ0) is 66.5. The summed E-state index contributed by atoms with van der Waals surface area (Å²) in [7, 11) is -4.43. The molecule has 0 fully saturated rings. The summed E-state index contributed by atoms with van der Waals surface area (Å²) in [5, 5.41) is 8.73. The fourth-order valence-electron chi connectivity index (χ4n) is 12.4. The van der Waals surface area contributed by atoms with E-state index in [0.717, 1.165) is 88.1 Å². The van der Waals surface area contributed by atoms with Crippen molar-refractivity contribution in [3.63, 3.8) is 0 Å². The Balaban J connectivity index is 0.000000217. The van der Waals surface area contributed by atoms with Crippen LogP contribution in [0, 0.1) is 35.9 Å². The largest absolute Gasteiger partial charge is 2.00 e. The first-order chi connectivity index (χ1) is 42.9. The van der Waals surface area contributed by atoms with Gasteiger partial charge in [0.05, 0.1) is 0 Å². The predicted octanol–water partition coefficient (Wildman–Crippen LogP) is 18.1. The minimum absolute atomic E-state index is 0. The number of pyridine rings is 4. The van der Waals surface area contributed by atoms with E-state index < -0.39 is 27.0 Å². The summed E-state index contributed by atoms with van der Waals surface area (Å²) in [6, 6.07) is 63.9. The average Bonchev–Trinajstić information content (AvgIpc) is 1.57. The summed E-state index contributed by atoms with van der Waals surface area (Å²) >= 11 is 0. The Morgan fingerprint density at radius 1 is 0.330 bits per heavy atom. The number of benzene rings is 6. The molecular weight excluding hydrogens is 1550 g/mol. The van der Waals surface area contributed by atoms with Gasteiger partial charge in [-0.2, -0.15) is 24.3 Å². The first-order valence-electron chi connectivity index (χ1n) is 32.2. The molecular formula is C82H88F2N6Pt2Si2. The number of fused-ring (bicyclic) bond motifs is 6. The van der Waals surface area contributed by atoms with Crippen molar-refractivity contribution < 1.29 is 50.9 Å². The van der Waals surface area contributed by atoms with Gasteiger partial charge in [0.2, 0.25) is 0 Å². The molecule has 0 aliphatic carbocycles. The number of hydrogen-bond donors (Lipinski definition) is 0. The van der Waals surface area contributed by atoms with Crippen LogP contribution in [0.3, 0.4) is 0 Å². The van der Waals surface area contributed by atoms with Crippen LogP contribution in [-0.4, -0.2) is 45.2 Å². The Morgan fingerprint density at radius 3 is 0.915 bits per heavy atom. The topological polar surface area (TPSA) is 61.4 Å². The molecule has 0 saturated heterocycles. The summed E-state index contributed by atoms with van der Waals surface area (Å²) in [5.74, 6) is -0.506. The molecule has 6 nitrogen and oxygen atoms in total. The Labute approximate surface area is 588 Å². The third-order valence-electron chi connectivity index (χ3n) is 19.1. The molecule has 488 valence electrons. The van der Waals surface area contributed by atoms with Crippen molar-refractivity contribution in [1.29, 1.82) is 0 Å². The smallest absolute Gasteiger partial charge is 0.409 e. The fraction of sp³-hybridized carbons (Fsp3) is 0.317. The van der Waals surface area contributed by atoms with Gasteiger partial charge in [-0.3, -0.25) is 19.9 Å². The maximum atomic E-state index is 14.0. The first-order valence-corrected chi connectivity index (χ1v) is 38.2. The normalized spacial score (nSPS) is 12.8. The summed E-state index contributed by atoms with van der Waals surface area (Å²) in [6.07, 6.45) is 7.75. The molecule has 0 atom stereocenters. The second-order valence-electron chi connectivity index (χ2n) is 31.4. The number of halogens is 2. The summed E-state index contributed by atoms with van der Waals surface area (Å²) < 4.78 is 32.4. The van der Waals surface area contributed by atoms with Crippen LogP contribution in [0.4, 0.5) is 8.78 Å². The van der Waals surface area contributed by atoms with Crippen molar-refractivity contribution >= 4 is 80.8 Å². The van der Waals surface area contributed by atoms with Gasteiger partial charge >= 0.3 is 42.1 Å². The van der Waals surface area contributed by atoms with Gasteiger partial charge in [0.25, 0.3) is 0 Å². The van der Waals surface area contributed by atoms with E-state index >= 15 is 0 Å². The van der Waals surface area contributed by atoms with Crippen molar-refractivity contribution in [1.82, 2.24) is 29.1 Å². The quantitative estimate of drug-likeness (QED) is 0.101. The molecule has 12 rings (SSSR count). The summed E-state index contributed by atoms with van der Waals surface area (Å²) in [5.41, 5.74) is 14.4. The summed E-state index contributed by atoms with van der Waals surface area (Å²) in [6.45, 7) is 45.1. The molecule has 6 aromatic carbocycles. The number of nitrogens with zero attached hydrogens (tertiary/aromatic N) is 6. The number of aromatic nitrogens is 6. The van der Waals surface area contributed by atoms with Gasteiger partial charge in [0.15, 0.2) is 0 Å². The van der Waals surface area contributed by atoms with Gasteiger partial charge in [-0.15, -0.1) is 70.0 Å². The maximum absolute atomic E-state index is 14.0. The molecule has 12 heteroatoms. The Bertz CT molecular complexity index is 4210. The van der Waals surface area contributed by atoms with Crippen LogP contribution < -0.4 is 21.0 Å². The Kier molecular flexibility index (Phi) is 19.8. The van der Waals surface area contributed by atoms with Gasteiger partial charge in [0, 0.05) is 69.0 Å². The first kappa shape index (κ1) is 71.5. The van der Waals surface area contributed by atoms with E-state index in [1.807, 2.05) is 49.1 Å². The minimum Gasteiger partial charge on any atom is -0.409 e. The fourth-order valence-corrected chi connectivity index (χ4v) is 16.7. The predicted molar refractivity (Wildman–Crippen MR) is 386 cm³/mol. The van der Waals surface area contributed by atoms with Gasteiger partial charge in [-0.25, -0.2) is 30.3 Å². The van der Waals surface area contributed by atoms with E-state index in [1.54, 1.807) is 0 Å². The van der Waals surface area contributed by atoms with Crippen molar-refractivity contribution in [3.8, 4) is 11.4 Å². The van der Waals surface area contributed by atoms with Crippen LogP contribution in [0.5, 0.6) is 0 Å². The van der Waals surface area contributed by atoms with E-state index in [4.69, 9.17) is 19.9 Å². The molecule has 0 aliphatic rings. The van der Waals surface area contributed by atoms with Crippen molar-refractivity contribution in [2.45, 2.75) is 169 Å².